The maximum Gasteiger partial charge on any atom is 0.373 e. The van der Waals surface area contributed by atoms with E-state index in [0.717, 1.165) is 11.1 Å². The largest absolute Gasteiger partial charge is 0.434 e. The van der Waals surface area contributed by atoms with Crippen LogP contribution in [0.1, 0.15) is 31.9 Å². The number of aryl methyl sites for hydroxylation is 2. The van der Waals surface area contributed by atoms with Crippen molar-refractivity contribution in [2.24, 2.45) is 0 Å². The van der Waals surface area contributed by atoms with Crippen LogP contribution < -0.4 is 10.1 Å². The van der Waals surface area contributed by atoms with Crippen molar-refractivity contribution in [3.8, 4) is 11.6 Å². The summed E-state index contributed by atoms with van der Waals surface area (Å²) in [6, 6.07) is 3.41. The van der Waals surface area contributed by atoms with Crippen molar-refractivity contribution in [2.75, 3.05) is 5.32 Å². The van der Waals surface area contributed by atoms with Crippen molar-refractivity contribution in [1.82, 2.24) is 9.97 Å². The number of benzene rings is 1. The van der Waals surface area contributed by atoms with Crippen LogP contribution in [-0.2, 0) is 0 Å². The molecule has 0 aliphatic heterocycles. The zero-order valence-electron chi connectivity index (χ0n) is 14.2. The van der Waals surface area contributed by atoms with Gasteiger partial charge in [0.05, 0.1) is 4.92 Å². The number of hydrogen-bond donors (Lipinski definition) is 1. The molecule has 0 bridgehead atoms. The predicted molar refractivity (Wildman–Crippen MR) is 93.1 cm³/mol. The Morgan fingerprint density at radius 1 is 1.21 bits per heavy atom. The lowest BCUT2D eigenvalue weighted by molar-refractivity contribution is -0.385. The van der Waals surface area contributed by atoms with Gasteiger partial charge in [0.1, 0.15) is 12.1 Å². The van der Waals surface area contributed by atoms with Crippen molar-refractivity contribution in [3.05, 3.63) is 44.7 Å². The summed E-state index contributed by atoms with van der Waals surface area (Å²) in [5, 5.41) is 15.1. The normalized spacial score (nSPS) is 11.2. The minimum absolute atomic E-state index is 0.111. The monoisotopic (exact) mass is 350 g/mol. The van der Waals surface area contributed by atoms with Crippen LogP contribution in [0.2, 0.25) is 5.02 Å². The first-order valence-corrected chi connectivity index (χ1v) is 7.68. The summed E-state index contributed by atoms with van der Waals surface area (Å²) in [5.74, 6) is 0.417. The second-order valence-electron chi connectivity index (χ2n) is 6.48. The molecule has 0 saturated carbocycles. The Kier molecular flexibility index (Phi) is 4.94. The highest BCUT2D eigenvalue weighted by atomic mass is 35.5. The summed E-state index contributed by atoms with van der Waals surface area (Å²) < 4.78 is 5.65. The Morgan fingerprint density at radius 2 is 1.79 bits per heavy atom. The molecule has 1 heterocycles. The van der Waals surface area contributed by atoms with E-state index in [1.54, 1.807) is 12.1 Å². The SMILES string of the molecule is Cc1cc(Oc2ncnc(NC(C)(C)C)c2[N+](=O)[O-])cc(C)c1Cl. The lowest BCUT2D eigenvalue weighted by Gasteiger charge is -2.21. The summed E-state index contributed by atoms with van der Waals surface area (Å²) >= 11 is 6.13. The van der Waals surface area contributed by atoms with E-state index in [2.05, 4.69) is 15.3 Å². The third-order valence-electron chi connectivity index (χ3n) is 3.09. The number of hydrogen-bond acceptors (Lipinski definition) is 6. The first kappa shape index (κ1) is 17.9. The van der Waals surface area contributed by atoms with Gasteiger partial charge in [-0.1, -0.05) is 11.6 Å². The van der Waals surface area contributed by atoms with E-state index >= 15 is 0 Å². The Morgan fingerprint density at radius 3 is 2.29 bits per heavy atom. The first-order chi connectivity index (χ1) is 11.1. The number of nitro groups is 1. The van der Waals surface area contributed by atoms with Gasteiger partial charge in [0.15, 0.2) is 0 Å². The zero-order valence-corrected chi connectivity index (χ0v) is 14.9. The molecule has 24 heavy (non-hydrogen) atoms. The molecule has 0 saturated heterocycles. The molecule has 7 nitrogen and oxygen atoms in total. The maximum absolute atomic E-state index is 11.5. The Hall–Kier alpha value is -2.41. The summed E-state index contributed by atoms with van der Waals surface area (Å²) in [4.78, 5) is 18.8. The molecule has 1 aromatic heterocycles. The molecule has 2 aromatic rings. The number of ether oxygens (including phenoxy) is 1. The molecule has 1 N–H and O–H groups in total. The van der Waals surface area contributed by atoms with Gasteiger partial charge < -0.3 is 10.1 Å². The summed E-state index contributed by atoms with van der Waals surface area (Å²) in [6.45, 7) is 9.31. The Labute approximate surface area is 145 Å². The van der Waals surface area contributed by atoms with Crippen molar-refractivity contribution in [3.63, 3.8) is 0 Å². The third kappa shape index (κ3) is 4.11. The van der Waals surface area contributed by atoms with Crippen LogP contribution in [0.3, 0.4) is 0 Å². The highest BCUT2D eigenvalue weighted by molar-refractivity contribution is 6.32. The fourth-order valence-corrected chi connectivity index (χ4v) is 2.23. The van der Waals surface area contributed by atoms with E-state index in [9.17, 15) is 10.1 Å². The number of nitrogens with zero attached hydrogens (tertiary/aromatic N) is 3. The minimum atomic E-state index is -0.557. The van der Waals surface area contributed by atoms with Gasteiger partial charge in [-0.3, -0.25) is 10.1 Å². The van der Waals surface area contributed by atoms with Crippen molar-refractivity contribution < 1.29 is 9.66 Å². The molecular formula is C16H19ClN4O3. The van der Waals surface area contributed by atoms with Gasteiger partial charge in [-0.05, 0) is 57.9 Å². The molecule has 0 amide bonds. The molecule has 2 rings (SSSR count). The lowest BCUT2D eigenvalue weighted by atomic mass is 10.1. The van der Waals surface area contributed by atoms with Gasteiger partial charge in [0, 0.05) is 10.6 Å². The molecule has 1 aromatic carbocycles. The molecule has 128 valence electrons. The molecule has 0 unspecified atom stereocenters. The summed E-state index contributed by atoms with van der Waals surface area (Å²) in [7, 11) is 0. The average Bonchev–Trinajstić information content (AvgIpc) is 2.42. The van der Waals surface area contributed by atoms with E-state index in [1.807, 2.05) is 34.6 Å². The quantitative estimate of drug-likeness (QED) is 0.637. The molecule has 0 spiro atoms. The van der Waals surface area contributed by atoms with Gasteiger partial charge in [-0.2, -0.15) is 4.98 Å². The van der Waals surface area contributed by atoms with E-state index in [0.29, 0.717) is 10.8 Å². The van der Waals surface area contributed by atoms with Crippen LogP contribution in [0, 0.1) is 24.0 Å². The third-order valence-corrected chi connectivity index (χ3v) is 3.69. The van der Waals surface area contributed by atoms with Crippen molar-refractivity contribution in [1.29, 1.82) is 0 Å². The second kappa shape index (κ2) is 6.60. The predicted octanol–water partition coefficient (Wildman–Crippen LogP) is 4.66. The zero-order chi connectivity index (χ0) is 18.1. The van der Waals surface area contributed by atoms with Crippen molar-refractivity contribution in [2.45, 2.75) is 40.2 Å². The molecule has 0 aliphatic rings. The number of rotatable bonds is 4. The Balaban J connectivity index is 2.47. The van der Waals surface area contributed by atoms with Crippen LogP contribution in [0.15, 0.2) is 18.5 Å². The summed E-state index contributed by atoms with van der Waals surface area (Å²) in [5.41, 5.74) is 0.926. The minimum Gasteiger partial charge on any atom is -0.434 e. The van der Waals surface area contributed by atoms with Gasteiger partial charge in [-0.15, -0.1) is 0 Å². The first-order valence-electron chi connectivity index (χ1n) is 7.30. The smallest absolute Gasteiger partial charge is 0.373 e. The standard InChI is InChI=1S/C16H19ClN4O3/c1-9-6-11(7-10(2)12(9)17)24-15-13(21(22)23)14(18-8-19-15)20-16(3,4)5/h6-8H,1-5H3,(H,18,19,20). The fourth-order valence-electron chi connectivity index (χ4n) is 2.13. The van der Waals surface area contributed by atoms with Crippen LogP contribution in [0.4, 0.5) is 11.5 Å². The highest BCUT2D eigenvalue weighted by Crippen LogP contribution is 2.36. The van der Waals surface area contributed by atoms with E-state index in [1.165, 1.54) is 6.33 Å². The molecule has 0 atom stereocenters. The van der Waals surface area contributed by atoms with Crippen LogP contribution in [0.5, 0.6) is 11.6 Å². The second-order valence-corrected chi connectivity index (χ2v) is 6.86. The molecular weight excluding hydrogens is 332 g/mol. The van der Waals surface area contributed by atoms with Gasteiger partial charge in [0.2, 0.25) is 5.82 Å². The molecule has 0 aliphatic carbocycles. The maximum atomic E-state index is 11.5. The number of anilines is 1. The number of nitrogens with one attached hydrogen (secondary N) is 1. The van der Waals surface area contributed by atoms with Gasteiger partial charge >= 0.3 is 11.6 Å². The molecule has 0 fully saturated rings. The summed E-state index contributed by atoms with van der Waals surface area (Å²) in [6.07, 6.45) is 1.23. The van der Waals surface area contributed by atoms with Crippen LogP contribution in [-0.4, -0.2) is 20.4 Å². The van der Waals surface area contributed by atoms with Gasteiger partial charge in [0.25, 0.3) is 0 Å². The lowest BCUT2D eigenvalue weighted by Crippen LogP contribution is -2.27. The van der Waals surface area contributed by atoms with E-state index in [-0.39, 0.29) is 17.4 Å². The molecule has 0 radical (unpaired) electrons. The van der Waals surface area contributed by atoms with Gasteiger partial charge in [-0.25, -0.2) is 4.98 Å². The highest BCUT2D eigenvalue weighted by Gasteiger charge is 2.27. The average molecular weight is 351 g/mol. The topological polar surface area (TPSA) is 90.2 Å². The fraction of sp³-hybridized carbons (Fsp3) is 0.375. The van der Waals surface area contributed by atoms with E-state index < -0.39 is 10.5 Å². The van der Waals surface area contributed by atoms with E-state index in [4.69, 9.17) is 16.3 Å². The van der Waals surface area contributed by atoms with Crippen molar-refractivity contribution >= 4 is 23.1 Å². The number of aromatic nitrogens is 2. The molecule has 8 heteroatoms. The Bertz CT molecular complexity index is 764. The van der Waals surface area contributed by atoms with Crippen LogP contribution >= 0.6 is 11.6 Å². The van der Waals surface area contributed by atoms with Crippen LogP contribution in [0.25, 0.3) is 0 Å². The number of halogens is 1.